The molecule has 0 bridgehead atoms. The van der Waals surface area contributed by atoms with Gasteiger partial charge < -0.3 is 20.1 Å². The predicted molar refractivity (Wildman–Crippen MR) is 92.8 cm³/mol. The maximum atomic E-state index is 12.2. The summed E-state index contributed by atoms with van der Waals surface area (Å²) in [6.45, 7) is 8.97. The number of pyridine rings is 1. The van der Waals surface area contributed by atoms with Gasteiger partial charge in [0, 0.05) is 24.0 Å². The number of hydrogen-bond acceptors (Lipinski definition) is 4. The zero-order valence-electron chi connectivity index (χ0n) is 14.3. The molecule has 1 atom stereocenters. The Kier molecular flexibility index (Phi) is 5.93. The molecule has 0 spiro atoms. The SMILES string of the molecule is Cc1ccc(C)c2[nH]c(=O)c(CNC[C@H](O)COC(C)C)cc12. The Balaban J connectivity index is 2.05. The third-order valence-electron chi connectivity index (χ3n) is 3.84. The number of aliphatic hydroxyl groups is 1. The fourth-order valence-electron chi connectivity index (χ4n) is 2.49. The van der Waals surface area contributed by atoms with E-state index in [1.165, 1.54) is 0 Å². The van der Waals surface area contributed by atoms with E-state index in [4.69, 9.17) is 4.74 Å². The molecule has 1 heterocycles. The number of nitrogens with one attached hydrogen (secondary N) is 2. The van der Waals surface area contributed by atoms with Crippen molar-refractivity contribution in [2.24, 2.45) is 0 Å². The van der Waals surface area contributed by atoms with Crippen LogP contribution in [0, 0.1) is 13.8 Å². The number of rotatable bonds is 7. The summed E-state index contributed by atoms with van der Waals surface area (Å²) in [6, 6.07) is 6.00. The Morgan fingerprint density at radius 1 is 1.26 bits per heavy atom. The zero-order valence-corrected chi connectivity index (χ0v) is 14.3. The molecule has 5 heteroatoms. The lowest BCUT2D eigenvalue weighted by molar-refractivity contribution is 0.00629. The minimum absolute atomic E-state index is 0.0911. The summed E-state index contributed by atoms with van der Waals surface area (Å²) in [5.74, 6) is 0. The molecular weight excluding hydrogens is 292 g/mol. The molecule has 0 amide bonds. The Bertz CT molecular complexity index is 722. The highest BCUT2D eigenvalue weighted by Gasteiger charge is 2.09. The van der Waals surface area contributed by atoms with Crippen LogP contribution in [0.2, 0.25) is 0 Å². The van der Waals surface area contributed by atoms with Crippen molar-refractivity contribution in [3.05, 3.63) is 45.2 Å². The van der Waals surface area contributed by atoms with Crippen LogP contribution < -0.4 is 10.9 Å². The standard InChI is InChI=1S/C18H26N2O3/c1-11(2)23-10-15(21)9-19-8-14-7-16-12(3)5-6-13(4)17(16)20-18(14)22/h5-7,11,15,19,21H,8-10H2,1-4H3,(H,20,22)/t15-/m0/s1. The number of hydrogen-bond donors (Lipinski definition) is 3. The van der Waals surface area contributed by atoms with E-state index in [1.54, 1.807) is 0 Å². The molecule has 23 heavy (non-hydrogen) atoms. The summed E-state index contributed by atoms with van der Waals surface area (Å²) in [6.07, 6.45) is -0.486. The average molecular weight is 318 g/mol. The zero-order chi connectivity index (χ0) is 17.0. The van der Waals surface area contributed by atoms with Crippen LogP contribution in [0.1, 0.15) is 30.5 Å². The molecule has 0 unspecified atom stereocenters. The largest absolute Gasteiger partial charge is 0.389 e. The van der Waals surface area contributed by atoms with E-state index in [-0.39, 0.29) is 18.3 Å². The third-order valence-corrected chi connectivity index (χ3v) is 3.84. The lowest BCUT2D eigenvalue weighted by Gasteiger charge is -2.14. The normalized spacial score (nSPS) is 13.0. The molecular formula is C18H26N2O3. The molecule has 0 aliphatic carbocycles. The first kappa shape index (κ1) is 17.7. The highest BCUT2D eigenvalue weighted by Crippen LogP contribution is 2.19. The van der Waals surface area contributed by atoms with Crippen LogP contribution in [0.3, 0.4) is 0 Å². The average Bonchev–Trinajstić information content (AvgIpc) is 2.50. The van der Waals surface area contributed by atoms with E-state index in [0.29, 0.717) is 18.7 Å². The second-order valence-electron chi connectivity index (χ2n) is 6.28. The minimum Gasteiger partial charge on any atom is -0.389 e. The van der Waals surface area contributed by atoms with Crippen molar-refractivity contribution in [3.8, 4) is 0 Å². The summed E-state index contributed by atoms with van der Waals surface area (Å²) in [5, 5.41) is 14.0. The number of fused-ring (bicyclic) bond motifs is 1. The van der Waals surface area contributed by atoms with Crippen LogP contribution in [0.5, 0.6) is 0 Å². The first-order chi connectivity index (χ1) is 10.9. The fraction of sp³-hybridized carbons (Fsp3) is 0.500. The predicted octanol–water partition coefficient (Wildman–Crippen LogP) is 2.02. The summed E-state index contributed by atoms with van der Waals surface area (Å²) < 4.78 is 5.36. The van der Waals surface area contributed by atoms with E-state index in [9.17, 15) is 9.90 Å². The molecule has 126 valence electrons. The third kappa shape index (κ3) is 4.64. The van der Waals surface area contributed by atoms with Crippen LogP contribution in [-0.4, -0.2) is 35.5 Å². The van der Waals surface area contributed by atoms with E-state index in [0.717, 1.165) is 22.0 Å². The maximum absolute atomic E-state index is 12.2. The topological polar surface area (TPSA) is 74.4 Å². The summed E-state index contributed by atoms with van der Waals surface area (Å²) in [7, 11) is 0. The summed E-state index contributed by atoms with van der Waals surface area (Å²) in [5.41, 5.74) is 3.66. The lowest BCUT2D eigenvalue weighted by atomic mass is 10.0. The molecule has 2 rings (SSSR count). The van der Waals surface area contributed by atoms with Gasteiger partial charge in [0.15, 0.2) is 0 Å². The molecule has 0 saturated carbocycles. The Hall–Kier alpha value is -1.69. The highest BCUT2D eigenvalue weighted by molar-refractivity contribution is 5.85. The van der Waals surface area contributed by atoms with E-state index in [1.807, 2.05) is 39.8 Å². The van der Waals surface area contributed by atoms with Crippen LogP contribution in [-0.2, 0) is 11.3 Å². The van der Waals surface area contributed by atoms with Gasteiger partial charge in [-0.25, -0.2) is 0 Å². The van der Waals surface area contributed by atoms with Gasteiger partial charge in [0.05, 0.1) is 24.3 Å². The van der Waals surface area contributed by atoms with Crippen molar-refractivity contribution in [1.29, 1.82) is 0 Å². The van der Waals surface area contributed by atoms with Gasteiger partial charge in [0.25, 0.3) is 5.56 Å². The number of aliphatic hydroxyl groups excluding tert-OH is 1. The maximum Gasteiger partial charge on any atom is 0.252 e. The quantitative estimate of drug-likeness (QED) is 0.730. The number of aryl methyl sites for hydroxylation is 2. The molecule has 0 aliphatic rings. The molecule has 1 aromatic heterocycles. The van der Waals surface area contributed by atoms with Gasteiger partial charge in [-0.05, 0) is 44.9 Å². The fourth-order valence-corrected chi connectivity index (χ4v) is 2.49. The first-order valence-electron chi connectivity index (χ1n) is 8.01. The van der Waals surface area contributed by atoms with Crippen LogP contribution in [0.25, 0.3) is 10.9 Å². The summed E-state index contributed by atoms with van der Waals surface area (Å²) in [4.78, 5) is 15.2. The second-order valence-corrected chi connectivity index (χ2v) is 6.28. The van der Waals surface area contributed by atoms with E-state index < -0.39 is 6.10 Å². The van der Waals surface area contributed by atoms with Crippen molar-refractivity contribution in [2.45, 2.75) is 46.4 Å². The Morgan fingerprint density at radius 3 is 2.65 bits per heavy atom. The highest BCUT2D eigenvalue weighted by atomic mass is 16.5. The minimum atomic E-state index is -0.582. The van der Waals surface area contributed by atoms with Crippen molar-refractivity contribution in [2.75, 3.05) is 13.2 Å². The Labute approximate surface area is 136 Å². The van der Waals surface area contributed by atoms with Crippen molar-refractivity contribution in [3.63, 3.8) is 0 Å². The van der Waals surface area contributed by atoms with Crippen LogP contribution >= 0.6 is 0 Å². The molecule has 0 saturated heterocycles. The van der Waals surface area contributed by atoms with Gasteiger partial charge >= 0.3 is 0 Å². The second kappa shape index (κ2) is 7.73. The van der Waals surface area contributed by atoms with Gasteiger partial charge in [0.1, 0.15) is 0 Å². The lowest BCUT2D eigenvalue weighted by Crippen LogP contribution is -2.32. The monoisotopic (exact) mass is 318 g/mol. The van der Waals surface area contributed by atoms with E-state index >= 15 is 0 Å². The summed E-state index contributed by atoms with van der Waals surface area (Å²) >= 11 is 0. The molecule has 0 radical (unpaired) electrons. The molecule has 5 nitrogen and oxygen atoms in total. The van der Waals surface area contributed by atoms with Gasteiger partial charge in [-0.3, -0.25) is 4.79 Å². The number of H-pyrrole nitrogens is 1. The van der Waals surface area contributed by atoms with Gasteiger partial charge in [-0.1, -0.05) is 12.1 Å². The van der Waals surface area contributed by atoms with E-state index in [2.05, 4.69) is 16.4 Å². The van der Waals surface area contributed by atoms with Gasteiger partial charge in [0.2, 0.25) is 0 Å². The van der Waals surface area contributed by atoms with Gasteiger partial charge in [-0.15, -0.1) is 0 Å². The van der Waals surface area contributed by atoms with Crippen molar-refractivity contribution in [1.82, 2.24) is 10.3 Å². The molecule has 1 aromatic carbocycles. The first-order valence-corrected chi connectivity index (χ1v) is 8.01. The van der Waals surface area contributed by atoms with Crippen LogP contribution in [0.4, 0.5) is 0 Å². The van der Waals surface area contributed by atoms with Crippen molar-refractivity contribution >= 4 is 10.9 Å². The number of ether oxygens (including phenoxy) is 1. The van der Waals surface area contributed by atoms with Gasteiger partial charge in [-0.2, -0.15) is 0 Å². The molecule has 0 fully saturated rings. The molecule has 2 aromatic rings. The number of aromatic nitrogens is 1. The molecule has 0 aliphatic heterocycles. The Morgan fingerprint density at radius 2 is 1.96 bits per heavy atom. The molecule has 3 N–H and O–H groups in total. The number of aromatic amines is 1. The smallest absolute Gasteiger partial charge is 0.252 e. The van der Waals surface area contributed by atoms with Crippen LogP contribution in [0.15, 0.2) is 23.0 Å². The number of benzene rings is 1. The van der Waals surface area contributed by atoms with Crippen molar-refractivity contribution < 1.29 is 9.84 Å².